The van der Waals surface area contributed by atoms with Gasteiger partial charge in [0.05, 0.1) is 11.9 Å². The smallest absolute Gasteiger partial charge is 0.316 e. The molecule has 0 amide bonds. The molecule has 1 aromatic rings. The predicted octanol–water partition coefficient (Wildman–Crippen LogP) is 2.98. The highest BCUT2D eigenvalue weighted by Gasteiger charge is 2.19. The summed E-state index contributed by atoms with van der Waals surface area (Å²) in [7, 11) is 0. The van der Waals surface area contributed by atoms with Crippen molar-refractivity contribution in [1.29, 1.82) is 0 Å². The third-order valence-corrected chi connectivity index (χ3v) is 4.06. The van der Waals surface area contributed by atoms with Crippen molar-refractivity contribution in [2.24, 2.45) is 0 Å². The van der Waals surface area contributed by atoms with E-state index in [9.17, 15) is 4.79 Å². The van der Waals surface area contributed by atoms with Gasteiger partial charge >= 0.3 is 5.97 Å². The summed E-state index contributed by atoms with van der Waals surface area (Å²) in [5.74, 6) is 0.699. The molecule has 1 N–H and O–H groups in total. The molecule has 0 aromatic heterocycles. The molecule has 0 fully saturated rings. The number of carboxylic acid groups (broad SMARTS) is 1. The molecule has 0 saturated carbocycles. The molecule has 1 atom stereocenters. The Bertz CT molecular complexity index is 448. The molecule has 0 aliphatic carbocycles. The number of halogens is 1. The minimum atomic E-state index is -0.797. The SMILES string of the molecule is CC(SCc1cc(Cl)cc2c1OCC2)C(=O)O. The van der Waals surface area contributed by atoms with E-state index in [-0.39, 0.29) is 0 Å². The molecule has 1 unspecified atom stereocenters. The molecule has 0 spiro atoms. The van der Waals surface area contributed by atoms with Crippen molar-refractivity contribution in [3.63, 3.8) is 0 Å². The van der Waals surface area contributed by atoms with Crippen molar-refractivity contribution in [3.8, 4) is 5.75 Å². The van der Waals surface area contributed by atoms with Gasteiger partial charge in [-0.3, -0.25) is 4.79 Å². The van der Waals surface area contributed by atoms with Crippen molar-refractivity contribution in [3.05, 3.63) is 28.3 Å². The van der Waals surface area contributed by atoms with E-state index in [1.807, 2.05) is 12.1 Å². The van der Waals surface area contributed by atoms with Crippen LogP contribution in [0, 0.1) is 0 Å². The average molecular weight is 273 g/mol. The van der Waals surface area contributed by atoms with Crippen LogP contribution < -0.4 is 4.74 Å². The standard InChI is InChI=1S/C12H13ClO3S/c1-7(12(14)15)17-6-9-5-10(13)4-8-2-3-16-11(8)9/h4-5,7H,2-3,6H2,1H3,(H,14,15). The third-order valence-electron chi connectivity index (χ3n) is 2.66. The predicted molar refractivity (Wildman–Crippen MR) is 69.0 cm³/mol. The van der Waals surface area contributed by atoms with Gasteiger partial charge in [0.2, 0.25) is 0 Å². The van der Waals surface area contributed by atoms with Gasteiger partial charge in [-0.15, -0.1) is 11.8 Å². The van der Waals surface area contributed by atoms with Gasteiger partial charge in [-0.2, -0.15) is 0 Å². The zero-order chi connectivity index (χ0) is 12.4. The Kier molecular flexibility index (Phi) is 3.84. The number of fused-ring (bicyclic) bond motifs is 1. The maximum atomic E-state index is 10.7. The number of carbonyl (C=O) groups is 1. The van der Waals surface area contributed by atoms with Crippen LogP contribution in [0.15, 0.2) is 12.1 Å². The van der Waals surface area contributed by atoms with Crippen molar-refractivity contribution in [1.82, 2.24) is 0 Å². The summed E-state index contributed by atoms with van der Waals surface area (Å²) in [6.07, 6.45) is 0.877. The van der Waals surface area contributed by atoms with Gasteiger partial charge in [0.1, 0.15) is 5.75 Å². The Labute approximate surface area is 109 Å². The quantitative estimate of drug-likeness (QED) is 0.915. The molecule has 0 radical (unpaired) electrons. The Balaban J connectivity index is 2.13. The van der Waals surface area contributed by atoms with Crippen LogP contribution in [0.1, 0.15) is 18.1 Å². The number of hydrogen-bond acceptors (Lipinski definition) is 3. The molecule has 5 heteroatoms. The molecule has 17 heavy (non-hydrogen) atoms. The zero-order valence-electron chi connectivity index (χ0n) is 9.40. The number of carboxylic acids is 1. The Morgan fingerprint density at radius 2 is 2.41 bits per heavy atom. The number of rotatable bonds is 4. The monoisotopic (exact) mass is 272 g/mol. The molecule has 0 saturated heterocycles. The molecule has 1 aliphatic heterocycles. The van der Waals surface area contributed by atoms with Crippen LogP contribution in [0.3, 0.4) is 0 Å². The highest BCUT2D eigenvalue weighted by atomic mass is 35.5. The molecule has 2 rings (SSSR count). The summed E-state index contributed by atoms with van der Waals surface area (Å²) >= 11 is 7.40. The fourth-order valence-corrected chi connectivity index (χ4v) is 2.79. The minimum Gasteiger partial charge on any atom is -0.493 e. The molecular weight excluding hydrogens is 260 g/mol. The van der Waals surface area contributed by atoms with E-state index < -0.39 is 11.2 Å². The van der Waals surface area contributed by atoms with Gasteiger partial charge in [0.15, 0.2) is 0 Å². The summed E-state index contributed by atoms with van der Waals surface area (Å²) in [5, 5.41) is 9.09. The highest BCUT2D eigenvalue weighted by Crippen LogP contribution is 2.35. The summed E-state index contributed by atoms with van der Waals surface area (Å²) in [4.78, 5) is 10.7. The van der Waals surface area contributed by atoms with Gasteiger partial charge in [0.25, 0.3) is 0 Å². The molecule has 92 valence electrons. The maximum Gasteiger partial charge on any atom is 0.316 e. The second-order valence-corrected chi connectivity index (χ2v) is 5.71. The minimum absolute atomic E-state index is 0.425. The van der Waals surface area contributed by atoms with Crippen molar-refractivity contribution < 1.29 is 14.6 Å². The van der Waals surface area contributed by atoms with E-state index in [0.29, 0.717) is 17.4 Å². The lowest BCUT2D eigenvalue weighted by Crippen LogP contribution is -2.11. The lowest BCUT2D eigenvalue weighted by molar-refractivity contribution is -0.136. The van der Waals surface area contributed by atoms with Gasteiger partial charge in [-0.05, 0) is 24.6 Å². The maximum absolute atomic E-state index is 10.7. The molecule has 0 bridgehead atoms. The van der Waals surface area contributed by atoms with E-state index >= 15 is 0 Å². The molecule has 1 heterocycles. The first-order chi connectivity index (χ1) is 8.08. The summed E-state index contributed by atoms with van der Waals surface area (Å²) in [6.45, 7) is 2.36. The number of benzene rings is 1. The lowest BCUT2D eigenvalue weighted by Gasteiger charge is -2.10. The fraction of sp³-hybridized carbons (Fsp3) is 0.417. The number of thioether (sulfide) groups is 1. The normalized spacial score (nSPS) is 15.2. The van der Waals surface area contributed by atoms with Gasteiger partial charge in [-0.1, -0.05) is 11.6 Å². The fourth-order valence-electron chi connectivity index (χ4n) is 1.74. The van der Waals surface area contributed by atoms with Crippen molar-refractivity contribution >= 4 is 29.3 Å². The Morgan fingerprint density at radius 1 is 1.65 bits per heavy atom. The molecule has 3 nitrogen and oxygen atoms in total. The van der Waals surface area contributed by atoms with Crippen molar-refractivity contribution in [2.75, 3.05) is 6.61 Å². The number of ether oxygens (including phenoxy) is 1. The van der Waals surface area contributed by atoms with E-state index in [4.69, 9.17) is 21.4 Å². The van der Waals surface area contributed by atoms with Gasteiger partial charge in [-0.25, -0.2) is 0 Å². The van der Waals surface area contributed by atoms with Gasteiger partial charge in [0, 0.05) is 22.8 Å². The molecule has 1 aliphatic rings. The third kappa shape index (κ3) is 2.87. The van der Waals surface area contributed by atoms with Crippen LogP contribution in [0.2, 0.25) is 5.02 Å². The first-order valence-corrected chi connectivity index (χ1v) is 6.79. The van der Waals surface area contributed by atoms with Crippen molar-refractivity contribution in [2.45, 2.75) is 24.3 Å². The second kappa shape index (κ2) is 5.19. The Hall–Kier alpha value is -0.870. The van der Waals surface area contributed by atoms with E-state index in [1.165, 1.54) is 11.8 Å². The largest absolute Gasteiger partial charge is 0.493 e. The number of hydrogen-bond donors (Lipinski definition) is 1. The van der Waals surface area contributed by atoms with E-state index in [0.717, 1.165) is 23.3 Å². The lowest BCUT2D eigenvalue weighted by atomic mass is 10.1. The summed E-state index contributed by atoms with van der Waals surface area (Å²) in [5.41, 5.74) is 2.11. The topological polar surface area (TPSA) is 46.5 Å². The molecular formula is C12H13ClO3S. The van der Waals surface area contributed by atoms with Crippen LogP contribution in [0.4, 0.5) is 0 Å². The zero-order valence-corrected chi connectivity index (χ0v) is 11.0. The van der Waals surface area contributed by atoms with Crippen LogP contribution >= 0.6 is 23.4 Å². The number of aliphatic carboxylic acids is 1. The van der Waals surface area contributed by atoms with E-state index in [1.54, 1.807) is 6.92 Å². The van der Waals surface area contributed by atoms with Crippen LogP contribution in [-0.4, -0.2) is 22.9 Å². The van der Waals surface area contributed by atoms with E-state index in [2.05, 4.69) is 0 Å². The van der Waals surface area contributed by atoms with Gasteiger partial charge < -0.3 is 9.84 Å². The summed E-state index contributed by atoms with van der Waals surface area (Å²) < 4.78 is 5.56. The summed E-state index contributed by atoms with van der Waals surface area (Å²) in [6, 6.07) is 3.77. The molecule has 1 aromatic carbocycles. The average Bonchev–Trinajstić information content (AvgIpc) is 2.72. The van der Waals surface area contributed by atoms with Crippen LogP contribution in [0.25, 0.3) is 0 Å². The second-order valence-electron chi connectivity index (χ2n) is 3.94. The first-order valence-electron chi connectivity index (χ1n) is 5.36. The van der Waals surface area contributed by atoms with Crippen LogP contribution in [-0.2, 0) is 17.0 Å². The van der Waals surface area contributed by atoms with Crippen LogP contribution in [0.5, 0.6) is 5.75 Å². The Morgan fingerprint density at radius 3 is 3.12 bits per heavy atom. The highest BCUT2D eigenvalue weighted by molar-refractivity contribution is 7.99. The first kappa shape index (κ1) is 12.6.